The van der Waals surface area contributed by atoms with E-state index >= 15 is 0 Å². The molecule has 0 spiro atoms. The number of nitrogens with zero attached hydrogens (tertiary/aromatic N) is 3. The molecule has 0 bridgehead atoms. The van der Waals surface area contributed by atoms with E-state index in [0.29, 0.717) is 33.9 Å². The second-order valence-corrected chi connectivity index (χ2v) is 7.49. The van der Waals surface area contributed by atoms with Crippen LogP contribution in [0.3, 0.4) is 0 Å². The van der Waals surface area contributed by atoms with Crippen molar-refractivity contribution in [2.75, 3.05) is 27.1 Å². The molecular formula is C19H27N3O5S. The van der Waals surface area contributed by atoms with Gasteiger partial charge in [0.15, 0.2) is 11.5 Å². The van der Waals surface area contributed by atoms with Crippen molar-refractivity contribution in [3.05, 3.63) is 12.1 Å². The number of hydrogen-bond acceptors (Lipinski definition) is 8. The maximum atomic E-state index is 12.5. The van der Waals surface area contributed by atoms with E-state index in [1.807, 2.05) is 32.6 Å². The van der Waals surface area contributed by atoms with E-state index in [2.05, 4.69) is 10.2 Å². The number of carbonyl (C=O) groups excluding carboxylic acids is 1. The normalized spacial score (nSPS) is 11.0. The Bertz CT molecular complexity index is 774. The Hall–Kier alpha value is -2.42. The van der Waals surface area contributed by atoms with Gasteiger partial charge in [0.25, 0.3) is 5.22 Å². The zero-order valence-electron chi connectivity index (χ0n) is 17.3. The van der Waals surface area contributed by atoms with Crippen LogP contribution in [0.4, 0.5) is 0 Å². The lowest BCUT2D eigenvalue weighted by Crippen LogP contribution is -2.43. The molecule has 2 aromatic rings. The van der Waals surface area contributed by atoms with E-state index in [1.54, 1.807) is 12.1 Å². The van der Waals surface area contributed by atoms with Crippen LogP contribution in [0.1, 0.15) is 27.7 Å². The average molecular weight is 410 g/mol. The van der Waals surface area contributed by atoms with Gasteiger partial charge < -0.3 is 23.5 Å². The summed E-state index contributed by atoms with van der Waals surface area (Å²) in [5, 5.41) is 8.42. The second kappa shape index (κ2) is 9.68. The topological polar surface area (TPSA) is 86.9 Å². The summed E-state index contributed by atoms with van der Waals surface area (Å²) in [5.41, 5.74) is 0.631. The molecule has 0 aliphatic carbocycles. The Morgan fingerprint density at radius 1 is 1.04 bits per heavy atom. The summed E-state index contributed by atoms with van der Waals surface area (Å²) in [7, 11) is 4.62. The molecule has 0 aliphatic heterocycles. The van der Waals surface area contributed by atoms with Crippen molar-refractivity contribution in [3.8, 4) is 28.7 Å². The lowest BCUT2D eigenvalue weighted by atomic mass is 10.2. The summed E-state index contributed by atoms with van der Waals surface area (Å²) in [6.07, 6.45) is 0. The quantitative estimate of drug-likeness (QED) is 0.582. The first kappa shape index (κ1) is 21.9. The van der Waals surface area contributed by atoms with E-state index in [-0.39, 0.29) is 23.7 Å². The van der Waals surface area contributed by atoms with Crippen molar-refractivity contribution in [2.45, 2.75) is 45.0 Å². The molecule has 8 nitrogen and oxygen atoms in total. The summed E-state index contributed by atoms with van der Waals surface area (Å²) in [4.78, 5) is 14.3. The number of rotatable bonds is 9. The zero-order valence-corrected chi connectivity index (χ0v) is 18.1. The molecule has 0 radical (unpaired) electrons. The van der Waals surface area contributed by atoms with Crippen LogP contribution in [0.25, 0.3) is 11.5 Å². The maximum absolute atomic E-state index is 12.5. The molecule has 0 unspecified atom stereocenters. The number of methoxy groups -OCH3 is 3. The van der Waals surface area contributed by atoms with Crippen LogP contribution < -0.4 is 14.2 Å². The van der Waals surface area contributed by atoms with Crippen LogP contribution in [-0.2, 0) is 4.79 Å². The van der Waals surface area contributed by atoms with Gasteiger partial charge in [0.1, 0.15) is 0 Å². The predicted octanol–water partition coefficient (Wildman–Crippen LogP) is 3.50. The standard InChI is InChI=1S/C19H27N3O5S/c1-11(2)22(12(3)4)16(23)10-28-19-21-20-18(27-19)13-8-14(24-5)17(26-7)15(9-13)25-6/h8-9,11-12H,10H2,1-7H3. The van der Waals surface area contributed by atoms with Crippen LogP contribution in [0.5, 0.6) is 17.2 Å². The fourth-order valence-corrected chi connectivity index (χ4v) is 3.59. The Morgan fingerprint density at radius 3 is 2.07 bits per heavy atom. The van der Waals surface area contributed by atoms with E-state index in [1.165, 1.54) is 33.1 Å². The highest BCUT2D eigenvalue weighted by Crippen LogP contribution is 2.41. The molecule has 1 aromatic heterocycles. The highest BCUT2D eigenvalue weighted by molar-refractivity contribution is 7.99. The van der Waals surface area contributed by atoms with Gasteiger partial charge in [-0.3, -0.25) is 4.79 Å². The molecule has 154 valence electrons. The largest absolute Gasteiger partial charge is 0.493 e. The lowest BCUT2D eigenvalue weighted by Gasteiger charge is -2.30. The van der Waals surface area contributed by atoms with E-state index < -0.39 is 0 Å². The van der Waals surface area contributed by atoms with Gasteiger partial charge in [-0.15, -0.1) is 10.2 Å². The third-order valence-electron chi connectivity index (χ3n) is 4.04. The Labute approximate surface area is 169 Å². The van der Waals surface area contributed by atoms with E-state index in [0.717, 1.165) is 0 Å². The number of thioether (sulfide) groups is 1. The monoisotopic (exact) mass is 409 g/mol. The van der Waals surface area contributed by atoms with Gasteiger partial charge >= 0.3 is 0 Å². The molecule has 9 heteroatoms. The first-order valence-electron chi connectivity index (χ1n) is 8.90. The first-order valence-corrected chi connectivity index (χ1v) is 9.88. The average Bonchev–Trinajstić information content (AvgIpc) is 3.13. The third kappa shape index (κ3) is 4.89. The summed E-state index contributed by atoms with van der Waals surface area (Å²) < 4.78 is 21.7. The van der Waals surface area contributed by atoms with Crippen molar-refractivity contribution >= 4 is 17.7 Å². The highest BCUT2D eigenvalue weighted by Gasteiger charge is 2.22. The van der Waals surface area contributed by atoms with Crippen LogP contribution in [-0.4, -0.2) is 60.2 Å². The Kier molecular flexibility index (Phi) is 7.56. The molecule has 0 N–H and O–H groups in total. The van der Waals surface area contributed by atoms with Gasteiger partial charge in [-0.2, -0.15) is 0 Å². The van der Waals surface area contributed by atoms with Crippen molar-refractivity contribution in [2.24, 2.45) is 0 Å². The van der Waals surface area contributed by atoms with Crippen LogP contribution >= 0.6 is 11.8 Å². The molecule has 28 heavy (non-hydrogen) atoms. The fraction of sp³-hybridized carbons (Fsp3) is 0.526. The van der Waals surface area contributed by atoms with Crippen LogP contribution in [0.2, 0.25) is 0 Å². The van der Waals surface area contributed by atoms with Crippen molar-refractivity contribution in [1.82, 2.24) is 15.1 Å². The third-order valence-corrected chi connectivity index (χ3v) is 4.84. The molecule has 0 fully saturated rings. The van der Waals surface area contributed by atoms with Gasteiger partial charge in [-0.1, -0.05) is 11.8 Å². The minimum atomic E-state index is 0.0301. The fourth-order valence-electron chi connectivity index (χ4n) is 2.96. The molecule has 1 heterocycles. The summed E-state index contributed by atoms with van der Waals surface area (Å²) in [6.45, 7) is 7.99. The van der Waals surface area contributed by atoms with Crippen LogP contribution in [0.15, 0.2) is 21.8 Å². The number of hydrogen-bond donors (Lipinski definition) is 0. The minimum Gasteiger partial charge on any atom is -0.493 e. The van der Waals surface area contributed by atoms with Gasteiger partial charge in [0.05, 0.1) is 27.1 Å². The van der Waals surface area contributed by atoms with Gasteiger partial charge in [0, 0.05) is 17.6 Å². The van der Waals surface area contributed by atoms with Gasteiger partial charge in [-0.25, -0.2) is 0 Å². The second-order valence-electron chi connectivity index (χ2n) is 6.56. The molecule has 1 amide bonds. The number of amides is 1. The molecule has 2 rings (SSSR count). The molecule has 0 aliphatic rings. The Balaban J connectivity index is 2.17. The molecule has 0 atom stereocenters. The summed E-state index contributed by atoms with van der Waals surface area (Å²) in [6, 6.07) is 3.72. The SMILES string of the molecule is COc1cc(-c2nnc(SCC(=O)N(C(C)C)C(C)C)o2)cc(OC)c1OC. The first-order chi connectivity index (χ1) is 13.3. The molecule has 0 saturated carbocycles. The van der Waals surface area contributed by atoms with Crippen molar-refractivity contribution < 1.29 is 23.4 Å². The molecule has 1 aromatic carbocycles. The van der Waals surface area contributed by atoms with Crippen LogP contribution in [0, 0.1) is 0 Å². The molecule has 0 saturated heterocycles. The number of aromatic nitrogens is 2. The number of carbonyl (C=O) groups is 1. The smallest absolute Gasteiger partial charge is 0.277 e. The van der Waals surface area contributed by atoms with E-state index in [4.69, 9.17) is 18.6 Å². The van der Waals surface area contributed by atoms with Crippen molar-refractivity contribution in [3.63, 3.8) is 0 Å². The lowest BCUT2D eigenvalue weighted by molar-refractivity contribution is -0.131. The number of benzene rings is 1. The van der Waals surface area contributed by atoms with Crippen molar-refractivity contribution in [1.29, 1.82) is 0 Å². The van der Waals surface area contributed by atoms with E-state index in [9.17, 15) is 4.79 Å². The van der Waals surface area contributed by atoms with Gasteiger partial charge in [0.2, 0.25) is 17.5 Å². The zero-order chi connectivity index (χ0) is 20.8. The Morgan fingerprint density at radius 2 is 1.61 bits per heavy atom. The predicted molar refractivity (Wildman–Crippen MR) is 107 cm³/mol. The highest BCUT2D eigenvalue weighted by atomic mass is 32.2. The number of ether oxygens (including phenoxy) is 3. The van der Waals surface area contributed by atoms with Gasteiger partial charge in [-0.05, 0) is 39.8 Å². The minimum absolute atomic E-state index is 0.0301. The maximum Gasteiger partial charge on any atom is 0.277 e. The summed E-state index contributed by atoms with van der Waals surface area (Å²) in [5.74, 6) is 2.03. The summed E-state index contributed by atoms with van der Waals surface area (Å²) >= 11 is 1.22. The molecular weight excluding hydrogens is 382 g/mol.